The number of aliphatic hydroxyl groups is 1. The number of carbonyl (C=O) groups excluding carboxylic acids is 2. The molecule has 4 N–H and O–H groups in total. The van der Waals surface area contributed by atoms with Crippen LogP contribution in [0.1, 0.15) is 110 Å². The molecule has 0 aliphatic rings. The van der Waals surface area contributed by atoms with Crippen LogP contribution in [-0.4, -0.2) is 64.9 Å². The molecule has 3 atom stereocenters. The maximum atomic E-state index is 12.1. The standard InChI is InChI=1S/C37H60NO10P/c1-3-5-7-9-10-11-12-13-14-15-16-17-18-19-20-21-22-23-24-25-27-29-36(41)46-30-33(39)31-47-49(44,45)48-32-34(37(42)43)38-35(40)28-26-8-6-4-2/h5,7,10-11,13-14,16-17,19-20,22-23,33-34,39H,3-4,6,8-9,12,15,18,21,24-32H2,1-2H3,(H,38,40)(H,42,43)(H,44,45)/b7-5-,11-10-,14-13-,17-16-,20-19-,23-22-. The molecule has 0 aromatic rings. The molecule has 0 heterocycles. The van der Waals surface area contributed by atoms with Gasteiger partial charge in [-0.15, -0.1) is 0 Å². The Bertz CT molecular complexity index is 1110. The van der Waals surface area contributed by atoms with Crippen LogP contribution in [-0.2, 0) is 32.7 Å². The molecule has 49 heavy (non-hydrogen) atoms. The van der Waals surface area contributed by atoms with Gasteiger partial charge in [0.2, 0.25) is 5.91 Å². The average Bonchev–Trinajstić information content (AvgIpc) is 3.07. The number of rotatable bonds is 31. The van der Waals surface area contributed by atoms with Gasteiger partial charge in [0.25, 0.3) is 0 Å². The minimum Gasteiger partial charge on any atom is -0.480 e. The first kappa shape index (κ1) is 45.9. The molecular weight excluding hydrogens is 649 g/mol. The van der Waals surface area contributed by atoms with Crippen LogP contribution >= 0.6 is 7.82 Å². The van der Waals surface area contributed by atoms with Gasteiger partial charge in [-0.3, -0.25) is 18.6 Å². The molecule has 12 heteroatoms. The predicted octanol–water partition coefficient (Wildman–Crippen LogP) is 7.82. The van der Waals surface area contributed by atoms with E-state index in [4.69, 9.17) is 4.74 Å². The molecule has 278 valence electrons. The Kier molecular flexibility index (Phi) is 30.1. The lowest BCUT2D eigenvalue weighted by Gasteiger charge is -2.18. The molecular formula is C37H60NO10P. The summed E-state index contributed by atoms with van der Waals surface area (Å²) < 4.78 is 26.4. The van der Waals surface area contributed by atoms with Gasteiger partial charge in [0, 0.05) is 12.8 Å². The smallest absolute Gasteiger partial charge is 0.472 e. The van der Waals surface area contributed by atoms with Crippen molar-refractivity contribution in [1.29, 1.82) is 0 Å². The van der Waals surface area contributed by atoms with Gasteiger partial charge >= 0.3 is 19.8 Å². The van der Waals surface area contributed by atoms with E-state index in [-0.39, 0.29) is 12.8 Å². The zero-order chi connectivity index (χ0) is 36.4. The Balaban J connectivity index is 3.97. The van der Waals surface area contributed by atoms with Gasteiger partial charge in [-0.05, 0) is 64.2 Å². The van der Waals surface area contributed by atoms with Gasteiger partial charge in [-0.2, -0.15) is 0 Å². The topological polar surface area (TPSA) is 169 Å². The fraction of sp³-hybridized carbons (Fsp3) is 0.595. The molecule has 11 nitrogen and oxygen atoms in total. The quantitative estimate of drug-likeness (QED) is 0.0241. The summed E-state index contributed by atoms with van der Waals surface area (Å²) in [6.07, 6.45) is 36.0. The minimum atomic E-state index is -4.75. The van der Waals surface area contributed by atoms with Gasteiger partial charge in [0.1, 0.15) is 12.7 Å². The molecule has 0 aliphatic heterocycles. The summed E-state index contributed by atoms with van der Waals surface area (Å²) in [7, 11) is -4.75. The summed E-state index contributed by atoms with van der Waals surface area (Å²) in [5.74, 6) is -2.46. The Labute approximate surface area is 293 Å². The number of esters is 1. The number of hydrogen-bond acceptors (Lipinski definition) is 8. The first-order chi connectivity index (χ1) is 23.6. The average molecular weight is 710 g/mol. The molecule has 0 fully saturated rings. The third kappa shape index (κ3) is 31.9. The van der Waals surface area contributed by atoms with Crippen LogP contribution in [0, 0.1) is 0 Å². The fourth-order valence-electron chi connectivity index (χ4n) is 4.02. The number of carbonyl (C=O) groups is 3. The van der Waals surface area contributed by atoms with Crippen LogP contribution < -0.4 is 5.32 Å². The van der Waals surface area contributed by atoms with Crippen molar-refractivity contribution < 1.29 is 47.8 Å². The lowest BCUT2D eigenvalue weighted by Crippen LogP contribution is -2.43. The number of aliphatic hydroxyl groups excluding tert-OH is 1. The van der Waals surface area contributed by atoms with Crippen molar-refractivity contribution in [1.82, 2.24) is 5.32 Å². The third-order valence-electron chi connectivity index (χ3n) is 6.76. The molecule has 0 aromatic carbocycles. The van der Waals surface area contributed by atoms with Gasteiger partial charge < -0.3 is 25.2 Å². The van der Waals surface area contributed by atoms with Crippen LogP contribution in [0.3, 0.4) is 0 Å². The zero-order valence-corrected chi connectivity index (χ0v) is 30.4. The second kappa shape index (κ2) is 32.1. The Morgan fingerprint density at radius 3 is 1.71 bits per heavy atom. The summed E-state index contributed by atoms with van der Waals surface area (Å²) in [6.45, 7) is 2.21. The molecule has 0 saturated carbocycles. The lowest BCUT2D eigenvalue weighted by atomic mass is 10.1. The largest absolute Gasteiger partial charge is 0.480 e. The van der Waals surface area contributed by atoms with Crippen molar-refractivity contribution in [3.8, 4) is 0 Å². The van der Waals surface area contributed by atoms with E-state index in [1.165, 1.54) is 0 Å². The predicted molar refractivity (Wildman–Crippen MR) is 194 cm³/mol. The second-order valence-corrected chi connectivity index (χ2v) is 12.8. The zero-order valence-electron chi connectivity index (χ0n) is 29.5. The molecule has 0 radical (unpaired) electrons. The lowest BCUT2D eigenvalue weighted by molar-refractivity contribution is -0.147. The number of ether oxygens (including phenoxy) is 1. The molecule has 3 unspecified atom stereocenters. The van der Waals surface area contributed by atoms with Crippen molar-refractivity contribution in [3.05, 3.63) is 72.9 Å². The first-order valence-electron chi connectivity index (χ1n) is 17.5. The van der Waals surface area contributed by atoms with Crippen LogP contribution in [0.5, 0.6) is 0 Å². The Hall–Kier alpha value is -3.08. The van der Waals surface area contributed by atoms with Gasteiger partial charge in [-0.25, -0.2) is 9.36 Å². The summed E-state index contributed by atoms with van der Waals surface area (Å²) in [5, 5.41) is 21.5. The van der Waals surface area contributed by atoms with E-state index in [9.17, 15) is 34.1 Å². The monoisotopic (exact) mass is 709 g/mol. The number of aliphatic carboxylic acids is 1. The number of phosphoric ester groups is 1. The van der Waals surface area contributed by atoms with E-state index >= 15 is 0 Å². The van der Waals surface area contributed by atoms with E-state index in [0.29, 0.717) is 12.8 Å². The highest BCUT2D eigenvalue weighted by atomic mass is 31.2. The highest BCUT2D eigenvalue weighted by molar-refractivity contribution is 7.47. The molecule has 0 saturated heterocycles. The molecule has 0 aromatic heterocycles. The van der Waals surface area contributed by atoms with Gasteiger partial charge in [0.05, 0.1) is 13.2 Å². The molecule has 1 amide bonds. The van der Waals surface area contributed by atoms with E-state index in [0.717, 1.165) is 70.6 Å². The van der Waals surface area contributed by atoms with Crippen molar-refractivity contribution >= 4 is 25.7 Å². The Morgan fingerprint density at radius 1 is 0.673 bits per heavy atom. The van der Waals surface area contributed by atoms with E-state index in [1.807, 2.05) is 6.92 Å². The van der Waals surface area contributed by atoms with Crippen molar-refractivity contribution in [2.45, 2.75) is 122 Å². The summed E-state index contributed by atoms with van der Waals surface area (Å²) in [6, 6.07) is -1.55. The maximum absolute atomic E-state index is 12.1. The van der Waals surface area contributed by atoms with E-state index < -0.39 is 57.6 Å². The van der Waals surface area contributed by atoms with Crippen LogP contribution in [0.2, 0.25) is 0 Å². The summed E-state index contributed by atoms with van der Waals surface area (Å²) in [4.78, 5) is 45.1. The van der Waals surface area contributed by atoms with E-state index in [1.54, 1.807) is 0 Å². The van der Waals surface area contributed by atoms with Crippen LogP contribution in [0.4, 0.5) is 0 Å². The number of phosphoric acid groups is 1. The highest BCUT2D eigenvalue weighted by Gasteiger charge is 2.28. The number of allylic oxidation sites excluding steroid dienone is 12. The van der Waals surface area contributed by atoms with Crippen molar-refractivity contribution in [3.63, 3.8) is 0 Å². The number of carboxylic acid groups (broad SMARTS) is 1. The summed E-state index contributed by atoms with van der Waals surface area (Å²) >= 11 is 0. The van der Waals surface area contributed by atoms with Crippen LogP contribution in [0.25, 0.3) is 0 Å². The second-order valence-electron chi connectivity index (χ2n) is 11.3. The minimum absolute atomic E-state index is 0.130. The van der Waals surface area contributed by atoms with Gasteiger partial charge in [0.15, 0.2) is 6.04 Å². The van der Waals surface area contributed by atoms with Crippen LogP contribution in [0.15, 0.2) is 72.9 Å². The maximum Gasteiger partial charge on any atom is 0.472 e. The SMILES string of the molecule is CC/C=C\C/C=C\C/C=C\C/C=C\C/C=C\C/C=C\CCCCC(=O)OCC(O)COP(=O)(O)OCC(NC(=O)CCCCCC)C(=O)O. The first-order valence-corrected chi connectivity index (χ1v) is 19.0. The fourth-order valence-corrected chi connectivity index (χ4v) is 4.79. The molecule has 0 bridgehead atoms. The number of hydrogen-bond donors (Lipinski definition) is 4. The van der Waals surface area contributed by atoms with E-state index in [2.05, 4.69) is 94.2 Å². The third-order valence-corrected chi connectivity index (χ3v) is 7.71. The molecule has 0 rings (SSSR count). The number of nitrogens with one attached hydrogen (secondary N) is 1. The Morgan fingerprint density at radius 2 is 1.18 bits per heavy atom. The number of carboxylic acids is 1. The van der Waals surface area contributed by atoms with Gasteiger partial charge in [-0.1, -0.05) is 106 Å². The molecule has 0 spiro atoms. The summed E-state index contributed by atoms with van der Waals surface area (Å²) in [5.41, 5.74) is 0. The van der Waals surface area contributed by atoms with Crippen molar-refractivity contribution in [2.75, 3.05) is 19.8 Å². The molecule has 0 aliphatic carbocycles. The van der Waals surface area contributed by atoms with Crippen molar-refractivity contribution in [2.24, 2.45) is 0 Å². The normalized spacial score (nSPS) is 14.9. The highest BCUT2D eigenvalue weighted by Crippen LogP contribution is 2.43. The number of unbranched alkanes of at least 4 members (excludes halogenated alkanes) is 5. The number of amides is 1.